The highest BCUT2D eigenvalue weighted by atomic mass is 79.9. The van der Waals surface area contributed by atoms with Crippen molar-refractivity contribution in [3.63, 3.8) is 0 Å². The van der Waals surface area contributed by atoms with Gasteiger partial charge in [-0.2, -0.15) is 0 Å². The summed E-state index contributed by atoms with van der Waals surface area (Å²) in [5, 5.41) is 2.91. The quantitative estimate of drug-likeness (QED) is 0.918. The maximum Gasteiger partial charge on any atom is 0.224 e. The van der Waals surface area contributed by atoms with E-state index in [0.29, 0.717) is 13.0 Å². The first-order chi connectivity index (χ1) is 8.74. The van der Waals surface area contributed by atoms with Crippen molar-refractivity contribution in [3.8, 4) is 0 Å². The van der Waals surface area contributed by atoms with Crippen molar-refractivity contribution in [2.24, 2.45) is 0 Å². The molecule has 2 aromatic heterocycles. The molecular formula is C13H13BrN2OS. The van der Waals surface area contributed by atoms with Gasteiger partial charge in [-0.25, -0.2) is 0 Å². The minimum atomic E-state index is 0.0404. The third kappa shape index (κ3) is 4.23. The van der Waals surface area contributed by atoms with Crippen LogP contribution in [0, 0.1) is 0 Å². The van der Waals surface area contributed by atoms with Crippen LogP contribution in [0.15, 0.2) is 40.4 Å². The van der Waals surface area contributed by atoms with Gasteiger partial charge in [-0.15, -0.1) is 11.3 Å². The minimum absolute atomic E-state index is 0.0404. The Morgan fingerprint density at radius 3 is 2.94 bits per heavy atom. The van der Waals surface area contributed by atoms with Gasteiger partial charge in [-0.05, 0) is 46.1 Å². The van der Waals surface area contributed by atoms with E-state index in [1.165, 1.54) is 4.88 Å². The number of hydrogen-bond donors (Lipinski definition) is 1. The zero-order valence-electron chi connectivity index (χ0n) is 9.73. The molecule has 2 rings (SSSR count). The van der Waals surface area contributed by atoms with Crippen LogP contribution in [0.4, 0.5) is 0 Å². The van der Waals surface area contributed by atoms with E-state index in [9.17, 15) is 4.79 Å². The van der Waals surface area contributed by atoms with E-state index in [-0.39, 0.29) is 5.91 Å². The molecule has 0 aliphatic carbocycles. The Morgan fingerprint density at radius 2 is 2.28 bits per heavy atom. The molecule has 0 atom stereocenters. The summed E-state index contributed by atoms with van der Waals surface area (Å²) in [6, 6.07) is 7.84. The highest BCUT2D eigenvalue weighted by Crippen LogP contribution is 2.21. The van der Waals surface area contributed by atoms with Gasteiger partial charge in [0.25, 0.3) is 0 Å². The molecule has 0 saturated carbocycles. The maximum absolute atomic E-state index is 11.7. The Balaban J connectivity index is 1.72. The fourth-order valence-corrected chi connectivity index (χ4v) is 3.04. The van der Waals surface area contributed by atoms with E-state index in [4.69, 9.17) is 0 Å². The van der Waals surface area contributed by atoms with E-state index in [0.717, 1.165) is 15.8 Å². The summed E-state index contributed by atoms with van der Waals surface area (Å²) >= 11 is 5.12. The summed E-state index contributed by atoms with van der Waals surface area (Å²) in [5.41, 5.74) is 0.939. The van der Waals surface area contributed by atoms with Gasteiger partial charge in [-0.1, -0.05) is 6.07 Å². The molecule has 2 heterocycles. The third-order valence-corrected chi connectivity index (χ3v) is 4.09. The molecule has 0 saturated heterocycles. The molecule has 1 N–H and O–H groups in total. The van der Waals surface area contributed by atoms with Crippen LogP contribution in [0.3, 0.4) is 0 Å². The fraction of sp³-hybridized carbons (Fsp3) is 0.231. The lowest BCUT2D eigenvalue weighted by Gasteiger charge is -2.03. The van der Waals surface area contributed by atoms with Gasteiger partial charge < -0.3 is 5.32 Å². The highest BCUT2D eigenvalue weighted by molar-refractivity contribution is 9.11. The average molecular weight is 325 g/mol. The van der Waals surface area contributed by atoms with Crippen LogP contribution in [-0.2, 0) is 17.6 Å². The van der Waals surface area contributed by atoms with Gasteiger partial charge in [0.15, 0.2) is 0 Å². The second-order valence-electron chi connectivity index (χ2n) is 3.84. The van der Waals surface area contributed by atoms with Crippen molar-refractivity contribution >= 4 is 33.2 Å². The molecular weight excluding hydrogens is 312 g/mol. The van der Waals surface area contributed by atoms with Crippen molar-refractivity contribution in [3.05, 3.63) is 50.9 Å². The van der Waals surface area contributed by atoms with Crippen molar-refractivity contribution in [1.29, 1.82) is 0 Å². The number of nitrogens with one attached hydrogen (secondary N) is 1. The number of thiophene rings is 1. The van der Waals surface area contributed by atoms with Gasteiger partial charge in [0.2, 0.25) is 5.91 Å². The van der Waals surface area contributed by atoms with Gasteiger partial charge in [0, 0.05) is 23.8 Å². The number of rotatable bonds is 5. The van der Waals surface area contributed by atoms with E-state index in [1.807, 2.05) is 18.2 Å². The van der Waals surface area contributed by atoms with Crippen LogP contribution in [0.1, 0.15) is 10.4 Å². The molecule has 0 radical (unpaired) electrons. The van der Waals surface area contributed by atoms with Crippen LogP contribution in [0.25, 0.3) is 0 Å². The van der Waals surface area contributed by atoms with E-state index >= 15 is 0 Å². The Bertz CT molecular complexity index is 513. The molecule has 0 aliphatic heterocycles. The second kappa shape index (κ2) is 6.66. The lowest BCUT2D eigenvalue weighted by molar-refractivity contribution is -0.120. The smallest absolute Gasteiger partial charge is 0.224 e. The standard InChI is InChI=1S/C13H13BrN2OS/c14-12-4-3-11(18-12)5-7-16-13(17)8-10-2-1-6-15-9-10/h1-4,6,9H,5,7-8H2,(H,16,17). The largest absolute Gasteiger partial charge is 0.355 e. The molecule has 1 amide bonds. The van der Waals surface area contributed by atoms with Crippen LogP contribution in [-0.4, -0.2) is 17.4 Å². The number of carbonyl (C=O) groups is 1. The molecule has 18 heavy (non-hydrogen) atoms. The lowest BCUT2D eigenvalue weighted by atomic mass is 10.2. The monoisotopic (exact) mass is 324 g/mol. The average Bonchev–Trinajstić information content (AvgIpc) is 2.76. The van der Waals surface area contributed by atoms with E-state index in [1.54, 1.807) is 23.7 Å². The van der Waals surface area contributed by atoms with Crippen LogP contribution >= 0.6 is 27.3 Å². The number of aromatic nitrogens is 1. The van der Waals surface area contributed by atoms with Crippen molar-refractivity contribution in [2.75, 3.05) is 6.54 Å². The molecule has 0 aromatic carbocycles. The predicted octanol–water partition coefficient (Wildman–Crippen LogP) is 2.81. The number of hydrogen-bond acceptors (Lipinski definition) is 3. The number of carbonyl (C=O) groups excluding carboxylic acids is 1. The molecule has 0 aliphatic rings. The van der Waals surface area contributed by atoms with Gasteiger partial charge in [0.05, 0.1) is 10.2 Å². The molecule has 0 spiro atoms. The zero-order chi connectivity index (χ0) is 12.8. The predicted molar refractivity (Wildman–Crippen MR) is 76.7 cm³/mol. The Kier molecular flexibility index (Phi) is 4.90. The first-order valence-corrected chi connectivity index (χ1v) is 7.25. The summed E-state index contributed by atoms with van der Waals surface area (Å²) in [4.78, 5) is 16.9. The SMILES string of the molecule is O=C(Cc1cccnc1)NCCc1ccc(Br)s1. The Hall–Kier alpha value is -1.20. The Morgan fingerprint density at radius 1 is 1.39 bits per heavy atom. The third-order valence-electron chi connectivity index (χ3n) is 2.41. The Labute approximate surface area is 118 Å². The van der Waals surface area contributed by atoms with E-state index < -0.39 is 0 Å². The van der Waals surface area contributed by atoms with Crippen LogP contribution < -0.4 is 5.32 Å². The molecule has 2 aromatic rings. The molecule has 0 unspecified atom stereocenters. The fourth-order valence-electron chi connectivity index (χ4n) is 1.56. The second-order valence-corrected chi connectivity index (χ2v) is 6.39. The topological polar surface area (TPSA) is 42.0 Å². The van der Waals surface area contributed by atoms with Crippen molar-refractivity contribution in [2.45, 2.75) is 12.8 Å². The summed E-state index contributed by atoms with van der Waals surface area (Å²) in [5.74, 6) is 0.0404. The number of pyridine rings is 1. The lowest BCUT2D eigenvalue weighted by Crippen LogP contribution is -2.27. The first kappa shape index (κ1) is 13.2. The highest BCUT2D eigenvalue weighted by Gasteiger charge is 2.03. The summed E-state index contributed by atoms with van der Waals surface area (Å²) in [7, 11) is 0. The molecule has 94 valence electrons. The van der Waals surface area contributed by atoms with Crippen molar-refractivity contribution in [1.82, 2.24) is 10.3 Å². The summed E-state index contributed by atoms with van der Waals surface area (Å²) in [6.07, 6.45) is 4.68. The number of halogens is 1. The normalized spacial score (nSPS) is 10.3. The molecule has 3 nitrogen and oxygen atoms in total. The first-order valence-electron chi connectivity index (χ1n) is 5.64. The van der Waals surface area contributed by atoms with Crippen molar-refractivity contribution < 1.29 is 4.79 Å². The minimum Gasteiger partial charge on any atom is -0.355 e. The maximum atomic E-state index is 11.7. The van der Waals surface area contributed by atoms with Gasteiger partial charge >= 0.3 is 0 Å². The van der Waals surface area contributed by atoms with Crippen LogP contribution in [0.2, 0.25) is 0 Å². The summed E-state index contributed by atoms with van der Waals surface area (Å²) in [6.45, 7) is 0.673. The molecule has 0 bridgehead atoms. The zero-order valence-corrected chi connectivity index (χ0v) is 12.1. The number of nitrogens with zero attached hydrogens (tertiary/aromatic N) is 1. The van der Waals surface area contributed by atoms with Gasteiger partial charge in [0.1, 0.15) is 0 Å². The molecule has 5 heteroatoms. The van der Waals surface area contributed by atoms with E-state index in [2.05, 4.69) is 32.3 Å². The number of amides is 1. The summed E-state index contributed by atoms with van der Waals surface area (Å²) < 4.78 is 1.12. The molecule has 0 fully saturated rings. The van der Waals surface area contributed by atoms with Crippen LogP contribution in [0.5, 0.6) is 0 Å². The van der Waals surface area contributed by atoms with Gasteiger partial charge in [-0.3, -0.25) is 9.78 Å².